The van der Waals surface area contributed by atoms with Gasteiger partial charge in [-0.2, -0.15) is 0 Å². The van der Waals surface area contributed by atoms with Gasteiger partial charge in [0, 0.05) is 19.0 Å². The van der Waals surface area contributed by atoms with Gasteiger partial charge >= 0.3 is 0 Å². The smallest absolute Gasteiger partial charge is 0.257 e. The molecule has 0 aromatic heterocycles. The molecular formula is C14H18ClNO2. The Morgan fingerprint density at radius 3 is 2.72 bits per heavy atom. The van der Waals surface area contributed by atoms with Crippen LogP contribution in [0.15, 0.2) is 18.2 Å². The number of aromatic hydroxyl groups is 1. The lowest BCUT2D eigenvalue weighted by Gasteiger charge is -2.34. The first kappa shape index (κ1) is 13.2. The maximum Gasteiger partial charge on any atom is 0.257 e. The van der Waals surface area contributed by atoms with Crippen molar-refractivity contribution < 1.29 is 9.90 Å². The standard InChI is InChI=1S/C14H18ClNO2/c1-9-3-4-12(13(17)5-9)14(18)16(2)8-10-6-11(15)7-10/h3-5,10-11,17H,6-8H2,1-2H3. The van der Waals surface area contributed by atoms with Crippen LogP contribution in [-0.4, -0.2) is 34.9 Å². The summed E-state index contributed by atoms with van der Waals surface area (Å²) in [6.45, 7) is 2.59. The molecule has 1 aromatic rings. The first-order valence-electron chi connectivity index (χ1n) is 6.16. The van der Waals surface area contributed by atoms with Crippen LogP contribution in [0.3, 0.4) is 0 Å². The molecule has 1 aliphatic carbocycles. The first-order chi connectivity index (χ1) is 8.47. The molecule has 1 aromatic carbocycles. The molecule has 4 heteroatoms. The SMILES string of the molecule is Cc1ccc(C(=O)N(C)CC2CC(Cl)C2)c(O)c1. The third-order valence-electron chi connectivity index (χ3n) is 3.44. The van der Waals surface area contributed by atoms with Crippen LogP contribution >= 0.6 is 11.6 Å². The fraction of sp³-hybridized carbons (Fsp3) is 0.500. The highest BCUT2D eigenvalue weighted by atomic mass is 35.5. The van der Waals surface area contributed by atoms with E-state index in [2.05, 4.69) is 0 Å². The zero-order valence-corrected chi connectivity index (χ0v) is 11.4. The quantitative estimate of drug-likeness (QED) is 0.856. The number of phenolic OH excluding ortho intramolecular Hbond substituents is 1. The molecule has 0 heterocycles. The van der Waals surface area contributed by atoms with Gasteiger partial charge in [0.15, 0.2) is 0 Å². The van der Waals surface area contributed by atoms with Crippen molar-refractivity contribution in [3.05, 3.63) is 29.3 Å². The molecule has 18 heavy (non-hydrogen) atoms. The summed E-state index contributed by atoms with van der Waals surface area (Å²) in [5.41, 5.74) is 1.31. The van der Waals surface area contributed by atoms with E-state index in [1.165, 1.54) is 0 Å². The summed E-state index contributed by atoms with van der Waals surface area (Å²) < 4.78 is 0. The van der Waals surface area contributed by atoms with Gasteiger partial charge in [-0.25, -0.2) is 0 Å². The van der Waals surface area contributed by atoms with Crippen molar-refractivity contribution >= 4 is 17.5 Å². The molecule has 1 fully saturated rings. The summed E-state index contributed by atoms with van der Waals surface area (Å²) in [4.78, 5) is 13.8. The molecule has 0 unspecified atom stereocenters. The van der Waals surface area contributed by atoms with Crippen LogP contribution in [0.25, 0.3) is 0 Å². The third kappa shape index (κ3) is 2.78. The van der Waals surface area contributed by atoms with Gasteiger partial charge in [-0.15, -0.1) is 11.6 Å². The van der Waals surface area contributed by atoms with Crippen LogP contribution in [0, 0.1) is 12.8 Å². The summed E-state index contributed by atoms with van der Waals surface area (Å²) >= 11 is 5.92. The Morgan fingerprint density at radius 2 is 2.17 bits per heavy atom. The lowest BCUT2D eigenvalue weighted by Crippen LogP contribution is -2.37. The highest BCUT2D eigenvalue weighted by molar-refractivity contribution is 6.21. The minimum atomic E-state index is -0.134. The fourth-order valence-corrected chi connectivity index (χ4v) is 2.81. The number of nitrogens with zero attached hydrogens (tertiary/aromatic N) is 1. The Kier molecular flexibility index (Phi) is 3.81. The number of rotatable bonds is 3. The maximum atomic E-state index is 12.2. The van der Waals surface area contributed by atoms with E-state index >= 15 is 0 Å². The zero-order chi connectivity index (χ0) is 13.3. The van der Waals surface area contributed by atoms with E-state index < -0.39 is 0 Å². The summed E-state index contributed by atoms with van der Waals surface area (Å²) in [5, 5.41) is 10.1. The van der Waals surface area contributed by atoms with Crippen LogP contribution in [0.1, 0.15) is 28.8 Å². The predicted molar refractivity (Wildman–Crippen MR) is 72.2 cm³/mol. The van der Waals surface area contributed by atoms with Crippen molar-refractivity contribution in [2.24, 2.45) is 5.92 Å². The molecule has 0 aliphatic heterocycles. The number of phenols is 1. The zero-order valence-electron chi connectivity index (χ0n) is 10.7. The molecule has 1 aliphatic rings. The van der Waals surface area contributed by atoms with Gasteiger partial charge in [-0.05, 0) is 43.4 Å². The number of benzene rings is 1. The van der Waals surface area contributed by atoms with Crippen molar-refractivity contribution in [2.45, 2.75) is 25.1 Å². The molecule has 2 rings (SSSR count). The summed E-state index contributed by atoms with van der Waals surface area (Å²) in [7, 11) is 1.77. The van der Waals surface area contributed by atoms with Gasteiger partial charge < -0.3 is 10.0 Å². The molecule has 0 atom stereocenters. The Labute approximate surface area is 112 Å². The number of carbonyl (C=O) groups is 1. The largest absolute Gasteiger partial charge is 0.507 e. The minimum Gasteiger partial charge on any atom is -0.507 e. The average Bonchev–Trinajstić information content (AvgIpc) is 2.26. The lowest BCUT2D eigenvalue weighted by molar-refractivity contribution is 0.0744. The fourth-order valence-electron chi connectivity index (χ4n) is 2.30. The van der Waals surface area contributed by atoms with E-state index in [-0.39, 0.29) is 17.0 Å². The summed E-state index contributed by atoms with van der Waals surface area (Å²) in [6, 6.07) is 5.12. The van der Waals surface area contributed by atoms with Crippen molar-refractivity contribution in [2.75, 3.05) is 13.6 Å². The molecule has 1 N–H and O–H groups in total. The van der Waals surface area contributed by atoms with Crippen molar-refractivity contribution in [1.29, 1.82) is 0 Å². The first-order valence-corrected chi connectivity index (χ1v) is 6.60. The highest BCUT2D eigenvalue weighted by Gasteiger charge is 2.29. The van der Waals surface area contributed by atoms with Crippen LogP contribution in [-0.2, 0) is 0 Å². The number of aryl methyl sites for hydroxylation is 1. The third-order valence-corrected chi connectivity index (χ3v) is 3.80. The molecule has 3 nitrogen and oxygen atoms in total. The molecule has 0 saturated heterocycles. The Morgan fingerprint density at radius 1 is 1.50 bits per heavy atom. The topological polar surface area (TPSA) is 40.5 Å². The van der Waals surface area contributed by atoms with Gasteiger partial charge in [-0.1, -0.05) is 6.07 Å². The Balaban J connectivity index is 2.01. The highest BCUT2D eigenvalue weighted by Crippen LogP contribution is 2.32. The van der Waals surface area contributed by atoms with Crippen molar-refractivity contribution in [1.82, 2.24) is 4.90 Å². The van der Waals surface area contributed by atoms with Gasteiger partial charge in [0.2, 0.25) is 0 Å². The normalized spacial score (nSPS) is 22.4. The molecule has 98 valence electrons. The second-order valence-corrected chi connectivity index (χ2v) is 5.76. The summed E-state index contributed by atoms with van der Waals surface area (Å²) in [5.74, 6) is 0.412. The van der Waals surface area contributed by atoms with E-state index in [0.717, 1.165) is 18.4 Å². The van der Waals surface area contributed by atoms with E-state index in [4.69, 9.17) is 11.6 Å². The van der Waals surface area contributed by atoms with E-state index in [0.29, 0.717) is 18.0 Å². The molecule has 1 amide bonds. The van der Waals surface area contributed by atoms with Crippen molar-refractivity contribution in [3.8, 4) is 5.75 Å². The summed E-state index contributed by atoms with van der Waals surface area (Å²) in [6.07, 6.45) is 1.94. The number of carbonyl (C=O) groups excluding carboxylic acids is 1. The van der Waals surface area contributed by atoms with Gasteiger partial charge in [-0.3, -0.25) is 4.79 Å². The van der Waals surface area contributed by atoms with E-state index in [1.54, 1.807) is 24.1 Å². The van der Waals surface area contributed by atoms with Gasteiger partial charge in [0.1, 0.15) is 5.75 Å². The number of hydrogen-bond donors (Lipinski definition) is 1. The van der Waals surface area contributed by atoms with Crippen LogP contribution in [0.2, 0.25) is 0 Å². The Bertz CT molecular complexity index is 455. The second kappa shape index (κ2) is 5.19. The number of halogens is 1. The van der Waals surface area contributed by atoms with Crippen molar-refractivity contribution in [3.63, 3.8) is 0 Å². The van der Waals surface area contributed by atoms with Gasteiger partial charge in [0.05, 0.1) is 5.56 Å². The molecule has 0 radical (unpaired) electrons. The average molecular weight is 268 g/mol. The second-order valence-electron chi connectivity index (χ2n) is 5.14. The van der Waals surface area contributed by atoms with E-state index in [9.17, 15) is 9.90 Å². The van der Waals surface area contributed by atoms with E-state index in [1.807, 2.05) is 13.0 Å². The molecular weight excluding hydrogens is 250 g/mol. The van der Waals surface area contributed by atoms with Crippen LogP contribution in [0.5, 0.6) is 5.75 Å². The lowest BCUT2D eigenvalue weighted by atomic mass is 9.84. The number of hydrogen-bond acceptors (Lipinski definition) is 2. The maximum absolute atomic E-state index is 12.2. The molecule has 1 saturated carbocycles. The molecule has 0 bridgehead atoms. The number of alkyl halides is 1. The monoisotopic (exact) mass is 267 g/mol. The number of amides is 1. The van der Waals surface area contributed by atoms with Crippen LogP contribution < -0.4 is 0 Å². The minimum absolute atomic E-state index is 0.0516. The van der Waals surface area contributed by atoms with Gasteiger partial charge in [0.25, 0.3) is 5.91 Å². The predicted octanol–water partition coefficient (Wildman–Crippen LogP) is 2.79. The molecule has 0 spiro atoms. The van der Waals surface area contributed by atoms with Crippen LogP contribution in [0.4, 0.5) is 0 Å². The Hall–Kier alpha value is -1.22.